The third-order valence-corrected chi connectivity index (χ3v) is 6.31. The molecule has 4 rings (SSSR count). The fraction of sp³-hybridized carbons (Fsp3) is 0.360. The molecule has 3 N–H and O–H groups in total. The van der Waals surface area contributed by atoms with Gasteiger partial charge in [0.2, 0.25) is 5.91 Å². The third-order valence-electron chi connectivity index (χ3n) is 6.31. The first-order chi connectivity index (χ1) is 16.8. The van der Waals surface area contributed by atoms with Gasteiger partial charge in [-0.15, -0.1) is 5.10 Å². The fourth-order valence-corrected chi connectivity index (χ4v) is 4.36. The van der Waals surface area contributed by atoms with Gasteiger partial charge in [-0.2, -0.15) is 0 Å². The molecule has 3 aromatic rings. The molecule has 184 valence electrons. The summed E-state index contributed by atoms with van der Waals surface area (Å²) in [7, 11) is 0. The second kappa shape index (κ2) is 10.7. The van der Waals surface area contributed by atoms with Crippen LogP contribution in [0.15, 0.2) is 42.6 Å². The molecule has 0 aliphatic heterocycles. The predicted molar refractivity (Wildman–Crippen MR) is 123 cm³/mol. The average Bonchev–Trinajstić information content (AvgIpc) is 3.35. The highest BCUT2D eigenvalue weighted by atomic mass is 19.2. The summed E-state index contributed by atoms with van der Waals surface area (Å²) in [5.41, 5.74) is 5.82. The Bertz CT molecular complexity index is 1230. The van der Waals surface area contributed by atoms with Crippen molar-refractivity contribution in [1.82, 2.24) is 25.8 Å². The second-order valence-electron chi connectivity index (χ2n) is 8.85. The largest absolute Gasteiger partial charge is 0.344 e. The normalized spacial score (nSPS) is 14.6. The number of benzene rings is 2. The molecular weight excluding hydrogens is 456 g/mol. The van der Waals surface area contributed by atoms with E-state index >= 15 is 0 Å². The van der Waals surface area contributed by atoms with Crippen molar-refractivity contribution in [3.63, 3.8) is 0 Å². The van der Waals surface area contributed by atoms with Crippen LogP contribution in [-0.2, 0) is 24.1 Å². The van der Waals surface area contributed by atoms with Gasteiger partial charge >= 0.3 is 0 Å². The number of hydrogen-bond acceptors (Lipinski definition) is 5. The molecule has 0 fully saturated rings. The Hall–Kier alpha value is -3.66. The second-order valence-corrected chi connectivity index (χ2v) is 8.85. The predicted octanol–water partition coefficient (Wildman–Crippen LogP) is 3.61. The maximum Gasteiger partial charge on any atom is 0.251 e. The van der Waals surface area contributed by atoms with E-state index in [9.17, 15) is 18.4 Å². The van der Waals surface area contributed by atoms with E-state index in [2.05, 4.69) is 33.8 Å². The van der Waals surface area contributed by atoms with E-state index in [0.29, 0.717) is 12.1 Å². The van der Waals surface area contributed by atoms with Crippen LogP contribution in [0.4, 0.5) is 8.78 Å². The molecule has 0 saturated carbocycles. The minimum atomic E-state index is -1.11. The molecule has 1 heterocycles. The number of nitrogens with one attached hydrogen (secondary N) is 2. The number of rotatable bonds is 8. The van der Waals surface area contributed by atoms with Crippen molar-refractivity contribution < 1.29 is 23.6 Å². The van der Waals surface area contributed by atoms with Gasteiger partial charge in [-0.1, -0.05) is 23.4 Å². The molecule has 1 aromatic heterocycles. The topological polar surface area (TPSA) is 109 Å². The van der Waals surface area contributed by atoms with Crippen LogP contribution >= 0.6 is 0 Å². The Labute approximate surface area is 201 Å². The lowest BCUT2D eigenvalue weighted by Gasteiger charge is -2.20. The van der Waals surface area contributed by atoms with Gasteiger partial charge in [0.05, 0.1) is 24.7 Å². The fourth-order valence-electron chi connectivity index (χ4n) is 4.36. The Morgan fingerprint density at radius 2 is 1.86 bits per heavy atom. The summed E-state index contributed by atoms with van der Waals surface area (Å²) in [5, 5.41) is 20.0. The summed E-state index contributed by atoms with van der Waals surface area (Å²) in [6, 6.07) is 8.27. The van der Waals surface area contributed by atoms with Gasteiger partial charge in [0.15, 0.2) is 11.6 Å². The highest BCUT2D eigenvalue weighted by Gasteiger charge is 2.22. The summed E-state index contributed by atoms with van der Waals surface area (Å²) in [6.45, 7) is 1.69. The van der Waals surface area contributed by atoms with Crippen molar-refractivity contribution in [3.05, 3.63) is 82.2 Å². The lowest BCUT2D eigenvalue weighted by molar-refractivity contribution is -0.130. The van der Waals surface area contributed by atoms with Crippen molar-refractivity contribution in [1.29, 1.82) is 0 Å². The van der Waals surface area contributed by atoms with E-state index in [1.165, 1.54) is 23.6 Å². The molecule has 2 aromatic carbocycles. The number of fused-ring (bicyclic) bond motifs is 1. The van der Waals surface area contributed by atoms with Gasteiger partial charge in [-0.3, -0.25) is 14.8 Å². The van der Waals surface area contributed by atoms with Gasteiger partial charge in [0.25, 0.3) is 5.91 Å². The van der Waals surface area contributed by atoms with Crippen molar-refractivity contribution in [2.24, 2.45) is 0 Å². The Balaban J connectivity index is 1.49. The molecule has 1 aliphatic carbocycles. The summed E-state index contributed by atoms with van der Waals surface area (Å²) in [6.07, 6.45) is 6.57. The van der Waals surface area contributed by atoms with Gasteiger partial charge in [0.1, 0.15) is 5.69 Å². The first-order valence-corrected chi connectivity index (χ1v) is 11.5. The first kappa shape index (κ1) is 24.5. The molecule has 2 unspecified atom stereocenters. The molecule has 0 saturated heterocycles. The average molecular weight is 484 g/mol. The zero-order valence-corrected chi connectivity index (χ0v) is 19.3. The molecule has 8 nitrogen and oxygen atoms in total. The minimum absolute atomic E-state index is 0.0203. The first-order valence-electron chi connectivity index (χ1n) is 11.5. The van der Waals surface area contributed by atoms with Gasteiger partial charge < -0.3 is 5.32 Å². The number of nitrogens with zero attached hydrogens (tertiary/aromatic N) is 3. The number of carbonyl (C=O) groups excluding carboxylic acids is 2. The number of carbonyl (C=O) groups is 2. The molecule has 2 amide bonds. The van der Waals surface area contributed by atoms with Crippen LogP contribution in [0.3, 0.4) is 0 Å². The lowest BCUT2D eigenvalue weighted by atomic mass is 9.89. The molecule has 35 heavy (non-hydrogen) atoms. The summed E-state index contributed by atoms with van der Waals surface area (Å²) in [5.74, 6) is -3.28. The quantitative estimate of drug-likeness (QED) is 0.335. The maximum atomic E-state index is 13.5. The number of hydrogen-bond donors (Lipinski definition) is 3. The van der Waals surface area contributed by atoms with Crippen LogP contribution in [0.5, 0.6) is 0 Å². The lowest BCUT2D eigenvalue weighted by Crippen LogP contribution is -2.27. The number of hydroxylamine groups is 1. The molecule has 1 aliphatic rings. The van der Waals surface area contributed by atoms with Crippen LogP contribution in [-0.4, -0.2) is 32.0 Å². The van der Waals surface area contributed by atoms with Gasteiger partial charge in [0, 0.05) is 5.56 Å². The van der Waals surface area contributed by atoms with E-state index in [-0.39, 0.29) is 12.0 Å². The molecule has 0 bridgehead atoms. The Kier molecular flexibility index (Phi) is 7.50. The maximum absolute atomic E-state index is 13.5. The molecule has 10 heteroatoms. The zero-order chi connectivity index (χ0) is 24.9. The molecule has 0 radical (unpaired) electrons. The van der Waals surface area contributed by atoms with E-state index in [1.807, 2.05) is 0 Å². The monoisotopic (exact) mass is 483 g/mol. The zero-order valence-electron chi connectivity index (χ0n) is 19.3. The van der Waals surface area contributed by atoms with Gasteiger partial charge in [-0.05, 0) is 73.9 Å². The van der Waals surface area contributed by atoms with Crippen LogP contribution in [0, 0.1) is 11.6 Å². The number of amides is 2. The number of aromatic nitrogens is 3. The molecular formula is C25H27F2N5O3. The Morgan fingerprint density at radius 3 is 2.60 bits per heavy atom. The summed E-state index contributed by atoms with van der Waals surface area (Å²) >= 11 is 0. The third kappa shape index (κ3) is 5.89. The van der Waals surface area contributed by atoms with Crippen molar-refractivity contribution in [2.45, 2.75) is 57.5 Å². The summed E-state index contributed by atoms with van der Waals surface area (Å²) < 4.78 is 28.2. The summed E-state index contributed by atoms with van der Waals surface area (Å²) in [4.78, 5) is 24.4. The highest BCUT2D eigenvalue weighted by molar-refractivity contribution is 5.94. The van der Waals surface area contributed by atoms with Crippen LogP contribution < -0.4 is 10.8 Å². The standard InChI is InChI=1S/C25H27F2N5O3/c1-15(28-25(34)19-8-9-21(26)22(27)12-19)23-14-32(31-29-23)20(13-24(33)30-35)11-16-6-7-17-4-2-3-5-18(17)10-16/h6-10,12,14-15,20,35H,2-5,11,13H2,1H3,(H,28,34)(H,30,33). The number of halogens is 2. The smallest absolute Gasteiger partial charge is 0.251 e. The molecule has 2 atom stereocenters. The number of aryl methyl sites for hydroxylation is 2. The van der Waals surface area contributed by atoms with Crippen LogP contribution in [0.1, 0.15) is 71.0 Å². The SMILES string of the molecule is CC(NC(=O)c1ccc(F)c(F)c1)c1cn(C(CC(=O)NO)Cc2ccc3c(c2)CCCC3)nn1. The van der Waals surface area contributed by atoms with Crippen LogP contribution in [0.25, 0.3) is 0 Å². The van der Waals surface area contributed by atoms with Crippen molar-refractivity contribution in [3.8, 4) is 0 Å². The van der Waals surface area contributed by atoms with E-state index in [1.54, 1.807) is 23.3 Å². The van der Waals surface area contributed by atoms with E-state index in [4.69, 9.17) is 5.21 Å². The highest BCUT2D eigenvalue weighted by Crippen LogP contribution is 2.25. The van der Waals surface area contributed by atoms with E-state index in [0.717, 1.165) is 37.0 Å². The van der Waals surface area contributed by atoms with Crippen LogP contribution in [0.2, 0.25) is 0 Å². The molecule has 0 spiro atoms. The van der Waals surface area contributed by atoms with Crippen molar-refractivity contribution >= 4 is 11.8 Å². The van der Waals surface area contributed by atoms with Gasteiger partial charge in [-0.25, -0.2) is 18.9 Å². The minimum Gasteiger partial charge on any atom is -0.344 e. The van der Waals surface area contributed by atoms with Crippen molar-refractivity contribution in [2.75, 3.05) is 0 Å². The Morgan fingerprint density at radius 1 is 1.09 bits per heavy atom. The van der Waals surface area contributed by atoms with E-state index < -0.39 is 35.5 Å².